The highest BCUT2D eigenvalue weighted by molar-refractivity contribution is 5.79. The zero-order chi connectivity index (χ0) is 20.5. The van der Waals surface area contributed by atoms with Crippen molar-refractivity contribution in [3.8, 4) is 0 Å². The zero-order valence-electron chi connectivity index (χ0n) is 16.5. The standard InChI is InChI=1S/C21H30F3N3O/c1-13(2)9-19(20(25)28)26-18-8-5-15-11-27(12-17(15)18)10-14-3-6-16(7-4-14)21(22,23)24/h3-4,6-7,13,15,17-19,26H,5,8-12H2,1-2H3,(H2,25,28)/t15-,17+,18+,19-/m0/s1. The van der Waals surface area contributed by atoms with Gasteiger partial charge in [-0.05, 0) is 54.7 Å². The average molecular weight is 397 g/mol. The minimum Gasteiger partial charge on any atom is -0.368 e. The number of amides is 1. The van der Waals surface area contributed by atoms with Crippen molar-refractivity contribution in [2.75, 3.05) is 13.1 Å². The molecule has 1 amide bonds. The van der Waals surface area contributed by atoms with Crippen LogP contribution in [0.2, 0.25) is 0 Å². The Hall–Kier alpha value is -1.60. The van der Waals surface area contributed by atoms with Gasteiger partial charge in [-0.1, -0.05) is 26.0 Å². The second-order valence-corrected chi connectivity index (χ2v) is 8.75. The smallest absolute Gasteiger partial charge is 0.368 e. The van der Waals surface area contributed by atoms with Crippen molar-refractivity contribution in [1.29, 1.82) is 0 Å². The highest BCUT2D eigenvalue weighted by Crippen LogP contribution is 2.39. The molecule has 7 heteroatoms. The molecule has 1 saturated heterocycles. The number of nitrogens with one attached hydrogen (secondary N) is 1. The van der Waals surface area contributed by atoms with Gasteiger partial charge < -0.3 is 11.1 Å². The number of halogens is 3. The minimum atomic E-state index is -4.30. The van der Waals surface area contributed by atoms with Crippen LogP contribution in [0.25, 0.3) is 0 Å². The summed E-state index contributed by atoms with van der Waals surface area (Å²) < 4.78 is 38.1. The molecule has 0 spiro atoms. The zero-order valence-corrected chi connectivity index (χ0v) is 16.5. The molecule has 1 aromatic carbocycles. The maximum atomic E-state index is 12.7. The number of carbonyl (C=O) groups excluding carboxylic acids is 1. The van der Waals surface area contributed by atoms with Gasteiger partial charge in [-0.15, -0.1) is 0 Å². The summed E-state index contributed by atoms with van der Waals surface area (Å²) in [4.78, 5) is 14.1. The van der Waals surface area contributed by atoms with Gasteiger partial charge in [-0.2, -0.15) is 13.2 Å². The topological polar surface area (TPSA) is 58.4 Å². The first-order chi connectivity index (χ1) is 13.1. The number of likely N-dealkylation sites (tertiary alicyclic amines) is 1. The number of primary amides is 1. The first-order valence-corrected chi connectivity index (χ1v) is 10.1. The summed E-state index contributed by atoms with van der Waals surface area (Å²) in [5, 5.41) is 3.50. The van der Waals surface area contributed by atoms with E-state index in [0.717, 1.165) is 50.0 Å². The molecule has 2 fully saturated rings. The van der Waals surface area contributed by atoms with Gasteiger partial charge in [0.05, 0.1) is 11.6 Å². The van der Waals surface area contributed by atoms with Crippen molar-refractivity contribution in [2.45, 2.75) is 57.9 Å². The van der Waals surface area contributed by atoms with Gasteiger partial charge in [0.1, 0.15) is 0 Å². The van der Waals surface area contributed by atoms with Gasteiger partial charge in [-0.25, -0.2) is 0 Å². The molecule has 3 rings (SSSR count). The van der Waals surface area contributed by atoms with Crippen molar-refractivity contribution < 1.29 is 18.0 Å². The van der Waals surface area contributed by atoms with Crippen molar-refractivity contribution in [3.63, 3.8) is 0 Å². The van der Waals surface area contributed by atoms with Crippen molar-refractivity contribution >= 4 is 5.91 Å². The SMILES string of the molecule is CC(C)C[C@H](N[C@@H]1CC[C@H]2CN(Cc3ccc(C(F)(F)F)cc3)C[C@H]21)C(N)=O. The molecule has 4 atom stereocenters. The Morgan fingerprint density at radius 2 is 1.89 bits per heavy atom. The van der Waals surface area contributed by atoms with E-state index in [2.05, 4.69) is 24.1 Å². The lowest BCUT2D eigenvalue weighted by Gasteiger charge is -2.26. The Morgan fingerprint density at radius 1 is 1.21 bits per heavy atom. The molecular weight excluding hydrogens is 367 g/mol. The summed E-state index contributed by atoms with van der Waals surface area (Å²) in [5.41, 5.74) is 5.87. The normalized spacial score (nSPS) is 26.6. The summed E-state index contributed by atoms with van der Waals surface area (Å²) in [6.07, 6.45) is -1.40. The molecule has 1 saturated carbocycles. The van der Waals surface area contributed by atoms with Gasteiger partial charge in [0.2, 0.25) is 5.91 Å². The van der Waals surface area contributed by atoms with Crippen molar-refractivity contribution in [1.82, 2.24) is 10.2 Å². The van der Waals surface area contributed by atoms with Crippen LogP contribution < -0.4 is 11.1 Å². The third kappa shape index (κ3) is 5.06. The number of nitrogens with two attached hydrogens (primary N) is 1. The van der Waals surface area contributed by atoms with E-state index < -0.39 is 11.7 Å². The van der Waals surface area contributed by atoms with Crippen LogP contribution in [0.3, 0.4) is 0 Å². The summed E-state index contributed by atoms with van der Waals surface area (Å²) in [6.45, 7) is 6.67. The highest BCUT2D eigenvalue weighted by atomic mass is 19.4. The number of nitrogens with zero attached hydrogens (tertiary/aromatic N) is 1. The number of benzene rings is 1. The van der Waals surface area contributed by atoms with Gasteiger partial charge in [0.25, 0.3) is 0 Å². The number of carbonyl (C=O) groups is 1. The molecule has 2 aliphatic rings. The van der Waals surface area contributed by atoms with E-state index in [1.807, 2.05) is 0 Å². The van der Waals surface area contributed by atoms with Crippen LogP contribution in [-0.4, -0.2) is 36.0 Å². The van der Waals surface area contributed by atoms with Crippen LogP contribution in [0.15, 0.2) is 24.3 Å². The van der Waals surface area contributed by atoms with Gasteiger partial charge in [0.15, 0.2) is 0 Å². The lowest BCUT2D eigenvalue weighted by molar-refractivity contribution is -0.137. The predicted octanol–water partition coefficient (Wildman–Crippen LogP) is 3.41. The molecule has 1 aliphatic carbocycles. The number of hydrogen-bond acceptors (Lipinski definition) is 3. The van der Waals surface area contributed by atoms with Crippen molar-refractivity contribution in [3.05, 3.63) is 35.4 Å². The molecular formula is C21H30F3N3O. The van der Waals surface area contributed by atoms with E-state index in [-0.39, 0.29) is 18.0 Å². The monoisotopic (exact) mass is 397 g/mol. The van der Waals surface area contributed by atoms with Crippen LogP contribution in [0.4, 0.5) is 13.2 Å². The predicted molar refractivity (Wildman–Crippen MR) is 102 cm³/mol. The second-order valence-electron chi connectivity index (χ2n) is 8.75. The first-order valence-electron chi connectivity index (χ1n) is 10.1. The third-order valence-electron chi connectivity index (χ3n) is 6.09. The number of hydrogen-bond donors (Lipinski definition) is 2. The lowest BCUT2D eigenvalue weighted by Crippen LogP contribution is -2.49. The molecule has 1 aliphatic heterocycles. The Kier molecular flexibility index (Phi) is 6.34. The third-order valence-corrected chi connectivity index (χ3v) is 6.09. The van der Waals surface area contributed by atoms with E-state index in [0.29, 0.717) is 24.3 Å². The summed E-state index contributed by atoms with van der Waals surface area (Å²) >= 11 is 0. The molecule has 3 N–H and O–H groups in total. The quantitative estimate of drug-likeness (QED) is 0.741. The fraction of sp³-hybridized carbons (Fsp3) is 0.667. The summed E-state index contributed by atoms with van der Waals surface area (Å²) in [6, 6.07) is 5.42. The number of rotatable bonds is 7. The average Bonchev–Trinajstić information content (AvgIpc) is 3.14. The largest absolute Gasteiger partial charge is 0.416 e. The minimum absolute atomic E-state index is 0.277. The Labute approximate surface area is 164 Å². The van der Waals surface area contributed by atoms with Crippen LogP contribution in [0.5, 0.6) is 0 Å². The van der Waals surface area contributed by atoms with Crippen LogP contribution in [0.1, 0.15) is 44.2 Å². The fourth-order valence-electron chi connectivity index (χ4n) is 4.75. The summed E-state index contributed by atoms with van der Waals surface area (Å²) in [5.74, 6) is 1.13. The second kappa shape index (κ2) is 8.41. The summed E-state index contributed by atoms with van der Waals surface area (Å²) in [7, 11) is 0. The Balaban J connectivity index is 1.57. The highest BCUT2D eigenvalue weighted by Gasteiger charge is 2.43. The van der Waals surface area contributed by atoms with E-state index in [4.69, 9.17) is 5.73 Å². The van der Waals surface area contributed by atoms with Gasteiger partial charge in [0, 0.05) is 25.7 Å². The van der Waals surface area contributed by atoms with Gasteiger partial charge >= 0.3 is 6.18 Å². The van der Waals surface area contributed by atoms with E-state index in [1.54, 1.807) is 12.1 Å². The molecule has 28 heavy (non-hydrogen) atoms. The molecule has 0 unspecified atom stereocenters. The molecule has 0 aromatic heterocycles. The lowest BCUT2D eigenvalue weighted by atomic mass is 9.95. The number of alkyl halides is 3. The van der Waals surface area contributed by atoms with E-state index >= 15 is 0 Å². The molecule has 1 aromatic rings. The Morgan fingerprint density at radius 3 is 2.46 bits per heavy atom. The van der Waals surface area contributed by atoms with Crippen LogP contribution >= 0.6 is 0 Å². The fourth-order valence-corrected chi connectivity index (χ4v) is 4.75. The van der Waals surface area contributed by atoms with Crippen LogP contribution in [-0.2, 0) is 17.5 Å². The molecule has 4 nitrogen and oxygen atoms in total. The Bertz CT molecular complexity index is 674. The van der Waals surface area contributed by atoms with E-state index in [9.17, 15) is 18.0 Å². The number of fused-ring (bicyclic) bond motifs is 1. The first kappa shape index (κ1) is 21.1. The van der Waals surface area contributed by atoms with E-state index in [1.165, 1.54) is 0 Å². The maximum absolute atomic E-state index is 12.7. The molecule has 0 radical (unpaired) electrons. The van der Waals surface area contributed by atoms with Crippen LogP contribution in [0, 0.1) is 17.8 Å². The maximum Gasteiger partial charge on any atom is 0.416 e. The molecule has 0 bridgehead atoms. The molecule has 1 heterocycles. The van der Waals surface area contributed by atoms with Crippen molar-refractivity contribution in [2.24, 2.45) is 23.5 Å². The molecule has 156 valence electrons. The van der Waals surface area contributed by atoms with Gasteiger partial charge in [-0.3, -0.25) is 9.69 Å².